The van der Waals surface area contributed by atoms with E-state index >= 15 is 0 Å². The topological polar surface area (TPSA) is 86.3 Å². The van der Waals surface area contributed by atoms with Crippen molar-refractivity contribution >= 4 is 11.9 Å². The van der Waals surface area contributed by atoms with E-state index in [1.54, 1.807) is 13.8 Å². The minimum atomic E-state index is -4.57. The highest BCUT2D eigenvalue weighted by molar-refractivity contribution is 6.02. The van der Waals surface area contributed by atoms with Gasteiger partial charge in [-0.05, 0) is 12.8 Å². The number of carboxylic acids is 1. The van der Waals surface area contributed by atoms with Crippen LogP contribution in [0.3, 0.4) is 0 Å². The van der Waals surface area contributed by atoms with E-state index < -0.39 is 42.0 Å². The van der Waals surface area contributed by atoms with Crippen LogP contribution in [0.15, 0.2) is 6.33 Å². The predicted molar refractivity (Wildman–Crippen MR) is 67.0 cm³/mol. The minimum Gasteiger partial charge on any atom is -0.477 e. The number of nitrogens with one attached hydrogen (secondary N) is 1. The van der Waals surface area contributed by atoms with Crippen LogP contribution in [0.25, 0.3) is 0 Å². The van der Waals surface area contributed by atoms with E-state index in [9.17, 15) is 22.8 Å². The quantitative estimate of drug-likeness (QED) is 0.844. The highest BCUT2D eigenvalue weighted by atomic mass is 19.4. The van der Waals surface area contributed by atoms with E-state index in [4.69, 9.17) is 5.11 Å². The Morgan fingerprint density at radius 1 is 1.38 bits per heavy atom. The molecular formula is C12H16F3N3O3. The smallest absolute Gasteiger partial charge is 0.406 e. The molecule has 118 valence electrons. The van der Waals surface area contributed by atoms with Gasteiger partial charge in [-0.3, -0.25) is 4.79 Å². The van der Waals surface area contributed by atoms with Gasteiger partial charge in [0.2, 0.25) is 0 Å². The van der Waals surface area contributed by atoms with Crippen LogP contribution in [0.4, 0.5) is 13.2 Å². The lowest BCUT2D eigenvalue weighted by Crippen LogP contribution is -2.45. The largest absolute Gasteiger partial charge is 0.477 e. The molecule has 9 heteroatoms. The van der Waals surface area contributed by atoms with Gasteiger partial charge in [-0.2, -0.15) is 13.2 Å². The van der Waals surface area contributed by atoms with E-state index in [-0.39, 0.29) is 0 Å². The van der Waals surface area contributed by atoms with Crippen LogP contribution in [-0.2, 0) is 0 Å². The van der Waals surface area contributed by atoms with Crippen molar-refractivity contribution in [1.82, 2.24) is 14.9 Å². The molecule has 0 aliphatic rings. The summed E-state index contributed by atoms with van der Waals surface area (Å²) in [5.74, 6) is -2.49. The van der Waals surface area contributed by atoms with Gasteiger partial charge in [0.05, 0.1) is 6.33 Å². The number of alkyl halides is 3. The first kappa shape index (κ1) is 17.0. The zero-order chi connectivity index (χ0) is 16.2. The van der Waals surface area contributed by atoms with Gasteiger partial charge in [0.15, 0.2) is 11.4 Å². The highest BCUT2D eigenvalue weighted by Crippen LogP contribution is 2.22. The van der Waals surface area contributed by atoms with Crippen LogP contribution < -0.4 is 0 Å². The number of H-pyrrole nitrogens is 1. The number of rotatable bonds is 6. The molecule has 0 spiro atoms. The van der Waals surface area contributed by atoms with Crippen molar-refractivity contribution in [2.75, 3.05) is 6.54 Å². The fourth-order valence-electron chi connectivity index (χ4n) is 2.04. The summed E-state index contributed by atoms with van der Waals surface area (Å²) in [6, 6.07) is -0.641. The third-order valence-corrected chi connectivity index (χ3v) is 3.05. The van der Waals surface area contributed by atoms with Gasteiger partial charge in [-0.15, -0.1) is 0 Å². The lowest BCUT2D eigenvalue weighted by atomic mass is 10.1. The Labute approximate surface area is 119 Å². The van der Waals surface area contributed by atoms with Gasteiger partial charge in [0.25, 0.3) is 5.91 Å². The van der Waals surface area contributed by atoms with Crippen molar-refractivity contribution < 1.29 is 27.9 Å². The molecule has 1 aromatic heterocycles. The molecule has 1 aromatic rings. The van der Waals surface area contributed by atoms with Crippen LogP contribution in [0, 0.1) is 0 Å². The predicted octanol–water partition coefficient (Wildman–Crippen LogP) is 2.30. The molecule has 0 unspecified atom stereocenters. The first-order valence-corrected chi connectivity index (χ1v) is 6.35. The van der Waals surface area contributed by atoms with Crippen LogP contribution >= 0.6 is 0 Å². The molecule has 6 nitrogen and oxygen atoms in total. The molecule has 1 heterocycles. The zero-order valence-corrected chi connectivity index (χ0v) is 11.6. The van der Waals surface area contributed by atoms with E-state index in [1.165, 1.54) is 0 Å². The van der Waals surface area contributed by atoms with E-state index in [0.717, 1.165) is 6.33 Å². The summed E-state index contributed by atoms with van der Waals surface area (Å²) in [5, 5.41) is 8.91. The number of carboxylic acid groups (broad SMARTS) is 1. The number of aromatic carboxylic acids is 1. The summed E-state index contributed by atoms with van der Waals surface area (Å²) in [5.41, 5.74) is -1.03. The standard InChI is InChI=1S/C12H16F3N3O3/c1-3-7(4-2)18(5-12(13,14)15)10(19)8-9(11(20)21)17-6-16-8/h6-7H,3-5H2,1-2H3,(H,16,17)(H,20,21). The average Bonchev–Trinajstić information content (AvgIpc) is 2.86. The maximum Gasteiger partial charge on any atom is 0.406 e. The normalized spacial score (nSPS) is 11.7. The second-order valence-electron chi connectivity index (χ2n) is 4.45. The maximum atomic E-state index is 12.7. The molecule has 0 fully saturated rings. The third-order valence-electron chi connectivity index (χ3n) is 3.05. The second-order valence-corrected chi connectivity index (χ2v) is 4.45. The van der Waals surface area contributed by atoms with E-state index in [1.807, 2.05) is 0 Å². The number of aromatic amines is 1. The minimum absolute atomic E-state index is 0.325. The van der Waals surface area contributed by atoms with Crippen LogP contribution in [-0.4, -0.2) is 50.6 Å². The number of carbonyl (C=O) groups excluding carboxylic acids is 1. The summed E-state index contributed by atoms with van der Waals surface area (Å²) in [4.78, 5) is 29.6. The lowest BCUT2D eigenvalue weighted by molar-refractivity contribution is -0.145. The van der Waals surface area contributed by atoms with Gasteiger partial charge in [-0.25, -0.2) is 9.78 Å². The van der Waals surface area contributed by atoms with Gasteiger partial charge < -0.3 is 15.0 Å². The number of nitrogens with zero attached hydrogens (tertiary/aromatic N) is 2. The van der Waals surface area contributed by atoms with Crippen molar-refractivity contribution in [3.05, 3.63) is 17.7 Å². The van der Waals surface area contributed by atoms with Crippen molar-refractivity contribution in [3.8, 4) is 0 Å². The maximum absolute atomic E-state index is 12.7. The molecule has 21 heavy (non-hydrogen) atoms. The van der Waals surface area contributed by atoms with Crippen LogP contribution in [0.2, 0.25) is 0 Å². The Kier molecular flexibility index (Phi) is 5.34. The number of aromatic nitrogens is 2. The Bertz CT molecular complexity index is 509. The first-order chi connectivity index (χ1) is 9.71. The molecular weight excluding hydrogens is 291 g/mol. The molecule has 0 aliphatic carbocycles. The number of imidazole rings is 1. The van der Waals surface area contributed by atoms with Gasteiger partial charge in [-0.1, -0.05) is 13.8 Å². The molecule has 1 rings (SSSR count). The summed E-state index contributed by atoms with van der Waals surface area (Å²) in [7, 11) is 0. The van der Waals surface area contributed by atoms with Crippen molar-refractivity contribution in [2.24, 2.45) is 0 Å². The van der Waals surface area contributed by atoms with Crippen LogP contribution in [0.1, 0.15) is 47.7 Å². The van der Waals surface area contributed by atoms with Crippen molar-refractivity contribution in [2.45, 2.75) is 38.9 Å². The summed E-state index contributed by atoms with van der Waals surface area (Å²) in [6.07, 6.45) is -2.95. The molecule has 0 radical (unpaired) electrons. The highest BCUT2D eigenvalue weighted by Gasteiger charge is 2.37. The summed E-state index contributed by atoms with van der Waals surface area (Å²) in [6.45, 7) is 1.88. The zero-order valence-electron chi connectivity index (χ0n) is 11.6. The van der Waals surface area contributed by atoms with E-state index in [0.29, 0.717) is 17.7 Å². The molecule has 0 bridgehead atoms. The number of amides is 1. The second kappa shape index (κ2) is 6.59. The molecule has 0 saturated heterocycles. The first-order valence-electron chi connectivity index (χ1n) is 6.35. The molecule has 0 aliphatic heterocycles. The van der Waals surface area contributed by atoms with Gasteiger partial charge >= 0.3 is 12.1 Å². The fraction of sp³-hybridized carbons (Fsp3) is 0.583. The third kappa shape index (κ3) is 4.20. The number of carbonyl (C=O) groups is 2. The average molecular weight is 307 g/mol. The summed E-state index contributed by atoms with van der Waals surface area (Å²) >= 11 is 0. The van der Waals surface area contributed by atoms with Crippen LogP contribution in [0.5, 0.6) is 0 Å². The lowest BCUT2D eigenvalue weighted by Gasteiger charge is -2.30. The molecule has 0 aromatic carbocycles. The number of hydrogen-bond donors (Lipinski definition) is 2. The Morgan fingerprint density at radius 3 is 2.38 bits per heavy atom. The SMILES string of the molecule is CCC(CC)N(CC(F)(F)F)C(=O)c1nc[nH]c1C(=O)O. The monoisotopic (exact) mass is 307 g/mol. The molecule has 1 amide bonds. The van der Waals surface area contributed by atoms with Gasteiger partial charge in [0, 0.05) is 6.04 Å². The number of hydrogen-bond acceptors (Lipinski definition) is 3. The van der Waals surface area contributed by atoms with Crippen molar-refractivity contribution in [1.29, 1.82) is 0 Å². The Morgan fingerprint density at radius 2 is 1.95 bits per heavy atom. The summed E-state index contributed by atoms with van der Waals surface area (Å²) < 4.78 is 38.0. The Balaban J connectivity index is 3.15. The molecule has 0 saturated carbocycles. The molecule has 0 atom stereocenters. The van der Waals surface area contributed by atoms with E-state index in [2.05, 4.69) is 9.97 Å². The number of halogens is 3. The molecule has 2 N–H and O–H groups in total. The fourth-order valence-corrected chi connectivity index (χ4v) is 2.04. The van der Waals surface area contributed by atoms with Gasteiger partial charge in [0.1, 0.15) is 6.54 Å². The van der Waals surface area contributed by atoms with Crippen molar-refractivity contribution in [3.63, 3.8) is 0 Å². The Hall–Kier alpha value is -2.06.